The molecule has 0 aliphatic heterocycles. The van der Waals surface area contributed by atoms with Crippen molar-refractivity contribution < 1.29 is 23.9 Å². The molecule has 3 aromatic carbocycles. The van der Waals surface area contributed by atoms with Crippen molar-refractivity contribution in [2.75, 3.05) is 17.2 Å². The van der Waals surface area contributed by atoms with Crippen LogP contribution in [0.25, 0.3) is 0 Å². The molecular weight excluding hydrogens is 746 g/mol. The number of halogens is 1. The van der Waals surface area contributed by atoms with Gasteiger partial charge in [-0.3, -0.25) is 19.2 Å². The Bertz CT molecular complexity index is 1940. The molecule has 1 atom stereocenters. The number of aryl methyl sites for hydroxylation is 2. The summed E-state index contributed by atoms with van der Waals surface area (Å²) in [7, 11) is 0. The Labute approximate surface area is 340 Å². The summed E-state index contributed by atoms with van der Waals surface area (Å²) in [5.41, 5.74) is 3.99. The molecule has 0 radical (unpaired) electrons. The van der Waals surface area contributed by atoms with E-state index in [1.54, 1.807) is 51.1 Å². The lowest BCUT2D eigenvalue weighted by Gasteiger charge is -2.24. The van der Waals surface area contributed by atoms with Gasteiger partial charge in [0, 0.05) is 28.8 Å². The van der Waals surface area contributed by atoms with E-state index in [2.05, 4.69) is 52.8 Å². The van der Waals surface area contributed by atoms with Crippen molar-refractivity contribution in [2.24, 2.45) is 5.41 Å². The fourth-order valence-electron chi connectivity index (χ4n) is 6.01. The number of ketones is 2. The molecule has 0 saturated heterocycles. The van der Waals surface area contributed by atoms with Crippen molar-refractivity contribution in [1.29, 1.82) is 0 Å². The normalized spacial score (nSPS) is 11.9. The molecule has 0 saturated carbocycles. The van der Waals surface area contributed by atoms with Crippen molar-refractivity contribution in [3.8, 4) is 5.75 Å². The molecule has 0 aliphatic carbocycles. The van der Waals surface area contributed by atoms with Crippen molar-refractivity contribution in [1.82, 2.24) is 14.8 Å². The van der Waals surface area contributed by atoms with Crippen LogP contribution in [-0.4, -0.2) is 44.8 Å². The molecule has 2 amide bonds. The minimum atomic E-state index is -1.33. The third kappa shape index (κ3) is 13.6. The summed E-state index contributed by atoms with van der Waals surface area (Å²) in [6.07, 6.45) is 11.2. The highest BCUT2D eigenvalue weighted by atomic mass is 35.5. The molecule has 10 nitrogen and oxygen atoms in total. The monoisotopic (exact) mass is 801 g/mol. The van der Waals surface area contributed by atoms with Crippen molar-refractivity contribution >= 4 is 58.1 Å². The minimum absolute atomic E-state index is 0.00631. The van der Waals surface area contributed by atoms with Gasteiger partial charge in [0.15, 0.2) is 17.6 Å². The van der Waals surface area contributed by atoms with E-state index in [1.165, 1.54) is 66.5 Å². The van der Waals surface area contributed by atoms with Crippen LogP contribution in [-0.2, 0) is 33.0 Å². The minimum Gasteiger partial charge on any atom is -0.493 e. The van der Waals surface area contributed by atoms with Gasteiger partial charge in [-0.15, -0.1) is 5.10 Å². The largest absolute Gasteiger partial charge is 0.493 e. The number of unbranched alkanes of at least 4 members (excludes halogenated alkanes) is 4. The molecule has 0 spiro atoms. The molecule has 1 unspecified atom stereocenters. The number of amides is 2. The number of Topliss-reactive ketones (excluding diaryl/α,β-unsaturated/α-hetero) is 2. The summed E-state index contributed by atoms with van der Waals surface area (Å²) in [6.45, 7) is 11.6. The van der Waals surface area contributed by atoms with Crippen LogP contribution in [0.15, 0.2) is 72.1 Å². The summed E-state index contributed by atoms with van der Waals surface area (Å²) in [4.78, 5) is 56.4. The maximum Gasteiger partial charge on any atom is 0.257 e. The Kier molecular flexibility index (Phi) is 17.2. The maximum atomic E-state index is 13.8. The molecule has 4 aromatic rings. The number of nitrogens with zero attached hydrogens (tertiary/aromatic N) is 3. The van der Waals surface area contributed by atoms with Crippen LogP contribution in [0.4, 0.5) is 11.4 Å². The highest BCUT2D eigenvalue weighted by Crippen LogP contribution is 2.30. The molecule has 0 aliphatic rings. The first-order valence-corrected chi connectivity index (χ1v) is 21.0. The van der Waals surface area contributed by atoms with Gasteiger partial charge in [-0.2, -0.15) is 0 Å². The molecule has 56 heavy (non-hydrogen) atoms. The Morgan fingerprint density at radius 3 is 2.23 bits per heavy atom. The molecule has 12 heteroatoms. The molecule has 2 N–H and O–H groups in total. The Balaban J connectivity index is 1.36. The number of hydrogen-bond donors (Lipinski definition) is 2. The average molecular weight is 802 g/mol. The van der Waals surface area contributed by atoms with E-state index in [1.807, 2.05) is 12.1 Å². The Hall–Kier alpha value is -4.48. The predicted molar refractivity (Wildman–Crippen MR) is 226 cm³/mol. The first-order valence-electron chi connectivity index (χ1n) is 19.6. The number of aromatic nitrogens is 3. The van der Waals surface area contributed by atoms with E-state index in [-0.39, 0.29) is 34.6 Å². The molecule has 0 fully saturated rings. The summed E-state index contributed by atoms with van der Waals surface area (Å²) in [5.74, 6) is 0.201. The van der Waals surface area contributed by atoms with Gasteiger partial charge in [-0.05, 0) is 80.0 Å². The SMILES string of the molecule is CCCCCc1ccc(OCCCC(=O)Nc2ccc(Cl)c(NC(=O)C(C(=O)C(C)(C)C)n3cnc(SCc4ccc(C(C)=O)cc4)n3)c2)c(CCCCC)c1. The van der Waals surface area contributed by atoms with Gasteiger partial charge in [0.25, 0.3) is 5.91 Å². The van der Waals surface area contributed by atoms with Gasteiger partial charge in [0.1, 0.15) is 12.1 Å². The third-order valence-electron chi connectivity index (χ3n) is 9.27. The lowest BCUT2D eigenvalue weighted by atomic mass is 9.86. The number of benzene rings is 3. The fraction of sp³-hybridized carbons (Fsp3) is 0.455. The number of carbonyl (C=O) groups is 4. The van der Waals surface area contributed by atoms with Crippen LogP contribution in [0.1, 0.15) is 126 Å². The molecule has 300 valence electrons. The first-order chi connectivity index (χ1) is 26.8. The third-order valence-corrected chi connectivity index (χ3v) is 10.5. The zero-order valence-corrected chi connectivity index (χ0v) is 35.2. The lowest BCUT2D eigenvalue weighted by Crippen LogP contribution is -2.39. The summed E-state index contributed by atoms with van der Waals surface area (Å²) in [5, 5.41) is 10.8. The molecule has 0 bridgehead atoms. The lowest BCUT2D eigenvalue weighted by molar-refractivity contribution is -0.136. The van der Waals surface area contributed by atoms with Gasteiger partial charge < -0.3 is 15.4 Å². The van der Waals surface area contributed by atoms with Crippen LogP contribution in [0, 0.1) is 5.41 Å². The second-order valence-electron chi connectivity index (χ2n) is 15.1. The second-order valence-corrected chi connectivity index (χ2v) is 16.5. The van der Waals surface area contributed by atoms with Gasteiger partial charge in [0.05, 0.1) is 17.3 Å². The molecule has 1 heterocycles. The number of anilines is 2. The number of thioether (sulfide) groups is 1. The second kappa shape index (κ2) is 21.7. The van der Waals surface area contributed by atoms with Crippen LogP contribution in [0.2, 0.25) is 5.02 Å². The van der Waals surface area contributed by atoms with E-state index in [4.69, 9.17) is 16.3 Å². The molecule has 1 aromatic heterocycles. The first kappa shape index (κ1) is 44.2. The van der Waals surface area contributed by atoms with Crippen molar-refractivity contribution in [2.45, 2.75) is 123 Å². The predicted octanol–water partition coefficient (Wildman–Crippen LogP) is 10.5. The van der Waals surface area contributed by atoms with Crippen molar-refractivity contribution in [3.05, 3.63) is 94.3 Å². The van der Waals surface area contributed by atoms with Crippen LogP contribution in [0.5, 0.6) is 5.75 Å². The Morgan fingerprint density at radius 2 is 1.55 bits per heavy atom. The van der Waals surface area contributed by atoms with E-state index in [0.717, 1.165) is 37.0 Å². The van der Waals surface area contributed by atoms with Gasteiger partial charge >= 0.3 is 0 Å². The van der Waals surface area contributed by atoms with Crippen LogP contribution in [0.3, 0.4) is 0 Å². The zero-order valence-electron chi connectivity index (χ0n) is 33.6. The standard InChI is InChI=1S/C44H56ClN5O5S/c1-7-9-11-14-31-19-24-38(34(26-31)15-12-10-8-2)55-25-13-16-39(52)47-35-22-23-36(45)37(27-35)48-42(54)40(41(53)44(4,5)6)50-29-46-43(49-50)56-28-32-17-20-33(21-18-32)30(3)51/h17-24,26-27,29,40H,7-16,25,28H2,1-6H3,(H,47,52)(H,48,54). The van der Waals surface area contributed by atoms with Gasteiger partial charge in [-0.25, -0.2) is 9.67 Å². The topological polar surface area (TPSA) is 132 Å². The van der Waals surface area contributed by atoms with Crippen molar-refractivity contribution in [3.63, 3.8) is 0 Å². The number of hydrogen-bond acceptors (Lipinski definition) is 8. The van der Waals surface area contributed by atoms with E-state index < -0.39 is 17.4 Å². The van der Waals surface area contributed by atoms with Gasteiger partial charge in [0.2, 0.25) is 11.1 Å². The quantitative estimate of drug-likeness (QED) is 0.0347. The number of rotatable bonds is 22. The van der Waals surface area contributed by atoms with E-state index in [0.29, 0.717) is 35.2 Å². The zero-order chi connectivity index (χ0) is 40.7. The summed E-state index contributed by atoms with van der Waals surface area (Å²) >= 11 is 7.84. The highest BCUT2D eigenvalue weighted by Gasteiger charge is 2.37. The van der Waals surface area contributed by atoms with Crippen LogP contribution < -0.4 is 15.4 Å². The average Bonchev–Trinajstić information content (AvgIpc) is 3.63. The molecule has 4 rings (SSSR count). The number of ether oxygens (including phenoxy) is 1. The number of carbonyl (C=O) groups excluding carboxylic acids is 4. The van der Waals surface area contributed by atoms with Crippen LogP contribution >= 0.6 is 23.4 Å². The molecular formula is C44H56ClN5O5S. The highest BCUT2D eigenvalue weighted by molar-refractivity contribution is 7.98. The van der Waals surface area contributed by atoms with E-state index in [9.17, 15) is 19.2 Å². The van der Waals surface area contributed by atoms with E-state index >= 15 is 0 Å². The maximum absolute atomic E-state index is 13.8. The number of nitrogens with one attached hydrogen (secondary N) is 2. The van der Waals surface area contributed by atoms with Gasteiger partial charge in [-0.1, -0.05) is 120 Å². The fourth-order valence-corrected chi connectivity index (χ4v) is 6.94. The smallest absolute Gasteiger partial charge is 0.257 e. The summed E-state index contributed by atoms with van der Waals surface area (Å²) < 4.78 is 7.45. The Morgan fingerprint density at radius 1 is 0.857 bits per heavy atom. The summed E-state index contributed by atoms with van der Waals surface area (Å²) in [6, 6.07) is 17.3.